The van der Waals surface area contributed by atoms with E-state index in [0.29, 0.717) is 18.4 Å². The first kappa shape index (κ1) is 21.1. The summed E-state index contributed by atoms with van der Waals surface area (Å²) in [7, 11) is 0. The van der Waals surface area contributed by atoms with E-state index < -0.39 is 29.9 Å². The minimum Gasteiger partial charge on any atom is -0.454 e. The van der Waals surface area contributed by atoms with Gasteiger partial charge in [0.05, 0.1) is 6.07 Å². The lowest BCUT2D eigenvalue weighted by Crippen LogP contribution is -2.47. The Morgan fingerprint density at radius 3 is 2.23 bits per heavy atom. The molecule has 2 aromatic carbocycles. The average molecular weight is 405 g/mol. The van der Waals surface area contributed by atoms with Crippen molar-refractivity contribution in [2.24, 2.45) is 0 Å². The van der Waals surface area contributed by atoms with Crippen molar-refractivity contribution in [1.29, 1.82) is 5.26 Å². The SMILES string of the molecule is N#CC1(NC(=O)COC(=O)CNC(=O)c2ccc(-c3ccccc3)cc2)CCCC1. The van der Waals surface area contributed by atoms with Crippen molar-refractivity contribution < 1.29 is 19.1 Å². The van der Waals surface area contributed by atoms with E-state index in [9.17, 15) is 19.6 Å². The second kappa shape index (κ2) is 9.70. The maximum absolute atomic E-state index is 12.2. The molecule has 2 N–H and O–H groups in total. The summed E-state index contributed by atoms with van der Waals surface area (Å²) in [5, 5.41) is 14.4. The van der Waals surface area contributed by atoms with E-state index in [1.807, 2.05) is 42.5 Å². The lowest BCUT2D eigenvalue weighted by Gasteiger charge is -2.21. The summed E-state index contributed by atoms with van der Waals surface area (Å²) >= 11 is 0. The minimum absolute atomic E-state index is 0.351. The third-order valence-corrected chi connectivity index (χ3v) is 5.06. The predicted molar refractivity (Wildman–Crippen MR) is 110 cm³/mol. The summed E-state index contributed by atoms with van der Waals surface area (Å²) in [5.74, 6) is -1.66. The molecule has 0 unspecified atom stereocenters. The van der Waals surface area contributed by atoms with Gasteiger partial charge in [-0.1, -0.05) is 42.5 Å². The summed E-state index contributed by atoms with van der Waals surface area (Å²) in [4.78, 5) is 36.0. The number of hydrogen-bond donors (Lipinski definition) is 2. The molecular formula is C23H23N3O4. The molecule has 0 saturated heterocycles. The van der Waals surface area contributed by atoms with Crippen LogP contribution in [0.3, 0.4) is 0 Å². The molecule has 0 aliphatic heterocycles. The number of carbonyl (C=O) groups excluding carboxylic acids is 3. The number of esters is 1. The van der Waals surface area contributed by atoms with Gasteiger partial charge in [0.1, 0.15) is 12.1 Å². The predicted octanol–water partition coefficient (Wildman–Crippen LogP) is 2.58. The molecule has 1 fully saturated rings. The third kappa shape index (κ3) is 5.45. The van der Waals surface area contributed by atoms with Crippen LogP contribution in [0.1, 0.15) is 36.0 Å². The Bertz CT molecular complexity index is 943. The molecule has 0 atom stereocenters. The van der Waals surface area contributed by atoms with Gasteiger partial charge < -0.3 is 15.4 Å². The highest BCUT2D eigenvalue weighted by molar-refractivity contribution is 5.96. The molecule has 1 saturated carbocycles. The van der Waals surface area contributed by atoms with Gasteiger partial charge in [-0.05, 0) is 48.9 Å². The molecule has 2 aromatic rings. The first-order chi connectivity index (χ1) is 14.5. The van der Waals surface area contributed by atoms with Gasteiger partial charge >= 0.3 is 5.97 Å². The fourth-order valence-electron chi connectivity index (χ4n) is 3.44. The van der Waals surface area contributed by atoms with Crippen LogP contribution in [0.4, 0.5) is 0 Å². The van der Waals surface area contributed by atoms with Gasteiger partial charge in [-0.3, -0.25) is 14.4 Å². The first-order valence-electron chi connectivity index (χ1n) is 9.83. The molecule has 2 amide bonds. The molecule has 1 aliphatic rings. The summed E-state index contributed by atoms with van der Waals surface area (Å²) in [6.07, 6.45) is 2.96. The number of nitriles is 1. The van der Waals surface area contributed by atoms with Gasteiger partial charge in [0.15, 0.2) is 6.61 Å². The topological polar surface area (TPSA) is 108 Å². The quantitative estimate of drug-likeness (QED) is 0.689. The molecule has 0 aromatic heterocycles. The minimum atomic E-state index is -0.858. The maximum Gasteiger partial charge on any atom is 0.325 e. The second-order valence-corrected chi connectivity index (χ2v) is 7.24. The van der Waals surface area contributed by atoms with Crippen LogP contribution in [-0.2, 0) is 14.3 Å². The van der Waals surface area contributed by atoms with Crippen molar-refractivity contribution in [3.05, 3.63) is 60.2 Å². The van der Waals surface area contributed by atoms with Crippen LogP contribution in [0.25, 0.3) is 11.1 Å². The van der Waals surface area contributed by atoms with Crippen LogP contribution in [0, 0.1) is 11.3 Å². The number of benzene rings is 2. The Morgan fingerprint density at radius 2 is 1.60 bits per heavy atom. The molecule has 0 radical (unpaired) electrons. The lowest BCUT2D eigenvalue weighted by atomic mass is 10.00. The van der Waals surface area contributed by atoms with Crippen LogP contribution >= 0.6 is 0 Å². The molecular weight excluding hydrogens is 382 g/mol. The van der Waals surface area contributed by atoms with Crippen molar-refractivity contribution in [2.45, 2.75) is 31.2 Å². The van der Waals surface area contributed by atoms with Crippen molar-refractivity contribution in [2.75, 3.05) is 13.2 Å². The zero-order valence-electron chi connectivity index (χ0n) is 16.5. The smallest absolute Gasteiger partial charge is 0.325 e. The number of ether oxygens (including phenoxy) is 1. The number of hydrogen-bond acceptors (Lipinski definition) is 5. The number of nitrogens with zero attached hydrogens (tertiary/aromatic N) is 1. The Kier molecular flexibility index (Phi) is 6.81. The van der Waals surface area contributed by atoms with Crippen LogP contribution < -0.4 is 10.6 Å². The number of carbonyl (C=O) groups is 3. The fraction of sp³-hybridized carbons (Fsp3) is 0.304. The lowest BCUT2D eigenvalue weighted by molar-refractivity contribution is -0.147. The fourth-order valence-corrected chi connectivity index (χ4v) is 3.44. The monoisotopic (exact) mass is 405 g/mol. The molecule has 1 aliphatic carbocycles. The highest BCUT2D eigenvalue weighted by Crippen LogP contribution is 2.28. The van der Waals surface area contributed by atoms with E-state index in [4.69, 9.17) is 4.74 Å². The largest absolute Gasteiger partial charge is 0.454 e. The molecule has 30 heavy (non-hydrogen) atoms. The van der Waals surface area contributed by atoms with E-state index in [2.05, 4.69) is 16.7 Å². The zero-order chi connectivity index (χ0) is 21.4. The van der Waals surface area contributed by atoms with Crippen LogP contribution in [0.5, 0.6) is 0 Å². The van der Waals surface area contributed by atoms with Crippen molar-refractivity contribution in [1.82, 2.24) is 10.6 Å². The van der Waals surface area contributed by atoms with E-state index >= 15 is 0 Å². The Balaban J connectivity index is 1.42. The second-order valence-electron chi connectivity index (χ2n) is 7.24. The molecule has 7 nitrogen and oxygen atoms in total. The molecule has 7 heteroatoms. The van der Waals surface area contributed by atoms with Gasteiger partial charge in [-0.25, -0.2) is 0 Å². The van der Waals surface area contributed by atoms with Gasteiger partial charge in [0.2, 0.25) is 0 Å². The number of amides is 2. The Hall–Kier alpha value is -3.66. The van der Waals surface area contributed by atoms with Gasteiger partial charge in [-0.15, -0.1) is 0 Å². The summed E-state index contributed by atoms with van der Waals surface area (Å²) in [6.45, 7) is -0.833. The third-order valence-electron chi connectivity index (χ3n) is 5.06. The zero-order valence-corrected chi connectivity index (χ0v) is 16.5. The highest BCUT2D eigenvalue weighted by Gasteiger charge is 2.35. The van der Waals surface area contributed by atoms with Gasteiger partial charge in [-0.2, -0.15) is 5.26 Å². The Morgan fingerprint density at radius 1 is 0.967 bits per heavy atom. The van der Waals surface area contributed by atoms with Crippen LogP contribution in [0.2, 0.25) is 0 Å². The average Bonchev–Trinajstić information content (AvgIpc) is 3.25. The van der Waals surface area contributed by atoms with E-state index in [-0.39, 0.29) is 6.54 Å². The standard InChI is InChI=1S/C23H23N3O4/c24-16-23(12-4-5-13-23)26-20(27)15-30-21(28)14-25-22(29)19-10-8-18(9-11-19)17-6-2-1-3-7-17/h1-3,6-11H,4-5,12-15H2,(H,25,29)(H,26,27). The van der Waals surface area contributed by atoms with Gasteiger partial charge in [0.25, 0.3) is 11.8 Å². The van der Waals surface area contributed by atoms with Crippen molar-refractivity contribution >= 4 is 17.8 Å². The van der Waals surface area contributed by atoms with E-state index in [0.717, 1.165) is 24.0 Å². The highest BCUT2D eigenvalue weighted by atomic mass is 16.5. The molecule has 0 spiro atoms. The van der Waals surface area contributed by atoms with Crippen LogP contribution in [0.15, 0.2) is 54.6 Å². The van der Waals surface area contributed by atoms with Gasteiger partial charge in [0, 0.05) is 5.56 Å². The van der Waals surface area contributed by atoms with Crippen molar-refractivity contribution in [3.8, 4) is 17.2 Å². The molecule has 3 rings (SSSR count). The number of nitrogens with one attached hydrogen (secondary N) is 2. The normalized spacial score (nSPS) is 14.4. The van der Waals surface area contributed by atoms with Crippen LogP contribution in [-0.4, -0.2) is 36.5 Å². The molecule has 154 valence electrons. The Labute approximate surface area is 175 Å². The van der Waals surface area contributed by atoms with E-state index in [1.165, 1.54) is 0 Å². The molecule has 0 heterocycles. The van der Waals surface area contributed by atoms with E-state index in [1.54, 1.807) is 12.1 Å². The summed E-state index contributed by atoms with van der Waals surface area (Å²) in [6, 6.07) is 18.9. The maximum atomic E-state index is 12.2. The number of rotatable bonds is 7. The van der Waals surface area contributed by atoms with Crippen molar-refractivity contribution in [3.63, 3.8) is 0 Å². The first-order valence-corrected chi connectivity index (χ1v) is 9.83. The summed E-state index contributed by atoms with van der Waals surface area (Å²) < 4.78 is 4.89. The summed E-state index contributed by atoms with van der Waals surface area (Å²) in [5.41, 5.74) is 1.58. The molecule has 0 bridgehead atoms.